The number of nitrogens with one attached hydrogen (secondary N) is 1. The first kappa shape index (κ1) is 53.1. The van der Waals surface area contributed by atoms with Gasteiger partial charge in [0.05, 0.1) is 25.2 Å². The summed E-state index contributed by atoms with van der Waals surface area (Å²) in [5, 5.41) is 23.6. The van der Waals surface area contributed by atoms with Gasteiger partial charge in [0.25, 0.3) is 0 Å². The molecule has 0 aromatic rings. The van der Waals surface area contributed by atoms with E-state index in [-0.39, 0.29) is 24.9 Å². The minimum absolute atomic E-state index is 0.0713. The van der Waals surface area contributed by atoms with Crippen molar-refractivity contribution in [2.24, 2.45) is 0 Å². The molecule has 0 fully saturated rings. The molecule has 0 spiro atoms. The first-order valence-corrected chi connectivity index (χ1v) is 23.7. The van der Waals surface area contributed by atoms with E-state index in [1.165, 1.54) is 116 Å². The number of carbonyl (C=O) groups excluding carboxylic acids is 2. The molecule has 322 valence electrons. The van der Waals surface area contributed by atoms with E-state index in [0.29, 0.717) is 19.3 Å². The van der Waals surface area contributed by atoms with Gasteiger partial charge in [0.15, 0.2) is 0 Å². The summed E-state index contributed by atoms with van der Waals surface area (Å²) in [6.07, 6.45) is 49.2. The monoisotopic (exact) mass is 774 g/mol. The maximum Gasteiger partial charge on any atom is 0.306 e. The molecule has 0 rings (SSSR count). The highest BCUT2D eigenvalue weighted by Crippen LogP contribution is 2.17. The zero-order valence-corrected chi connectivity index (χ0v) is 36.6. The molecule has 1 amide bonds. The highest BCUT2D eigenvalue weighted by Gasteiger charge is 2.24. The zero-order chi connectivity index (χ0) is 40.3. The van der Waals surface area contributed by atoms with Gasteiger partial charge in [-0.2, -0.15) is 0 Å². The van der Waals surface area contributed by atoms with Gasteiger partial charge in [-0.25, -0.2) is 0 Å². The number of aliphatic hydroxyl groups is 2. The van der Waals surface area contributed by atoms with Crippen LogP contribution >= 0.6 is 0 Å². The Morgan fingerprint density at radius 3 is 1.38 bits per heavy atom. The van der Waals surface area contributed by atoms with Crippen molar-refractivity contribution in [3.8, 4) is 0 Å². The molecular weight excluding hydrogens is 683 g/mol. The minimum atomic E-state index is -0.786. The number of aliphatic hydroxyl groups excluding tert-OH is 2. The van der Waals surface area contributed by atoms with Crippen LogP contribution in [0.4, 0.5) is 0 Å². The summed E-state index contributed by atoms with van der Waals surface area (Å²) < 4.78 is 5.88. The molecule has 55 heavy (non-hydrogen) atoms. The third kappa shape index (κ3) is 38.7. The van der Waals surface area contributed by atoms with Crippen molar-refractivity contribution in [3.05, 3.63) is 36.5 Å². The van der Waals surface area contributed by atoms with E-state index in [9.17, 15) is 19.8 Å². The molecule has 0 aliphatic rings. The van der Waals surface area contributed by atoms with Crippen LogP contribution < -0.4 is 5.32 Å². The Morgan fingerprint density at radius 2 is 0.927 bits per heavy atom. The molecular formula is C49H91NO5. The summed E-state index contributed by atoms with van der Waals surface area (Å²) in [6, 6.07) is -0.700. The van der Waals surface area contributed by atoms with Gasteiger partial charge in [-0.1, -0.05) is 211 Å². The van der Waals surface area contributed by atoms with Crippen LogP contribution in [0.1, 0.15) is 239 Å². The van der Waals surface area contributed by atoms with E-state index in [0.717, 1.165) is 77.0 Å². The second-order valence-electron chi connectivity index (χ2n) is 16.2. The molecule has 6 heteroatoms. The van der Waals surface area contributed by atoms with Gasteiger partial charge in [-0.3, -0.25) is 9.59 Å². The molecule has 0 aromatic carbocycles. The van der Waals surface area contributed by atoms with Crippen molar-refractivity contribution in [2.45, 2.75) is 257 Å². The smallest absolute Gasteiger partial charge is 0.306 e. The third-order valence-electron chi connectivity index (χ3n) is 10.8. The molecule has 3 atom stereocenters. The van der Waals surface area contributed by atoms with Crippen LogP contribution in [0.15, 0.2) is 36.5 Å². The number of hydrogen-bond acceptors (Lipinski definition) is 5. The van der Waals surface area contributed by atoms with Gasteiger partial charge in [0.1, 0.15) is 6.10 Å². The van der Waals surface area contributed by atoms with Crippen molar-refractivity contribution < 1.29 is 24.5 Å². The lowest BCUT2D eigenvalue weighted by molar-refractivity contribution is -0.151. The predicted octanol–water partition coefficient (Wildman–Crippen LogP) is 13.7. The number of allylic oxidation sites excluding steroid dienone is 6. The van der Waals surface area contributed by atoms with Crippen LogP contribution in [-0.4, -0.2) is 46.9 Å². The molecule has 0 radical (unpaired) electrons. The molecule has 0 bridgehead atoms. The fourth-order valence-corrected chi connectivity index (χ4v) is 7.14. The van der Waals surface area contributed by atoms with Crippen molar-refractivity contribution >= 4 is 11.9 Å². The van der Waals surface area contributed by atoms with Gasteiger partial charge >= 0.3 is 5.97 Å². The number of rotatable bonds is 42. The summed E-state index contributed by atoms with van der Waals surface area (Å²) in [6.45, 7) is 6.42. The van der Waals surface area contributed by atoms with E-state index in [1.54, 1.807) is 0 Å². The third-order valence-corrected chi connectivity index (χ3v) is 10.8. The Balaban J connectivity index is 4.48. The molecule has 3 N–H and O–H groups in total. The summed E-state index contributed by atoms with van der Waals surface area (Å²) in [5.41, 5.74) is 0. The van der Waals surface area contributed by atoms with Crippen LogP contribution in [0.5, 0.6) is 0 Å². The van der Waals surface area contributed by atoms with Gasteiger partial charge in [0.2, 0.25) is 5.91 Å². The Kier molecular flexibility index (Phi) is 41.7. The molecule has 6 nitrogen and oxygen atoms in total. The van der Waals surface area contributed by atoms with Crippen LogP contribution in [0.25, 0.3) is 0 Å². The molecule has 0 heterocycles. The van der Waals surface area contributed by atoms with Crippen LogP contribution in [0.2, 0.25) is 0 Å². The van der Waals surface area contributed by atoms with Crippen molar-refractivity contribution in [1.29, 1.82) is 0 Å². The van der Waals surface area contributed by atoms with Gasteiger partial charge in [0, 0.05) is 6.42 Å². The predicted molar refractivity (Wildman–Crippen MR) is 236 cm³/mol. The Bertz CT molecular complexity index is 915. The van der Waals surface area contributed by atoms with Crippen molar-refractivity contribution in [1.82, 2.24) is 5.32 Å². The van der Waals surface area contributed by atoms with Gasteiger partial charge in [-0.05, 0) is 51.4 Å². The Hall–Kier alpha value is -1.92. The second-order valence-corrected chi connectivity index (χ2v) is 16.2. The number of ether oxygens (including phenoxy) is 1. The first-order valence-electron chi connectivity index (χ1n) is 23.7. The number of unbranched alkanes of at least 4 members (excludes halogenated alkanes) is 26. The highest BCUT2D eigenvalue weighted by molar-refractivity contribution is 5.77. The molecule has 0 aromatic heterocycles. The number of hydrogen-bond donors (Lipinski definition) is 3. The average molecular weight is 774 g/mol. The lowest BCUT2D eigenvalue weighted by Gasteiger charge is -2.24. The van der Waals surface area contributed by atoms with Crippen LogP contribution in [0.3, 0.4) is 0 Å². The summed E-state index contributed by atoms with van der Waals surface area (Å²) in [7, 11) is 0. The highest BCUT2D eigenvalue weighted by atomic mass is 16.5. The van der Waals surface area contributed by atoms with Gasteiger partial charge < -0.3 is 20.3 Å². The first-order chi connectivity index (χ1) is 27.0. The topological polar surface area (TPSA) is 95.9 Å². The Labute approximate surface area is 341 Å². The van der Waals surface area contributed by atoms with E-state index < -0.39 is 18.2 Å². The lowest BCUT2D eigenvalue weighted by Crippen LogP contribution is -2.46. The lowest BCUT2D eigenvalue weighted by atomic mass is 10.0. The van der Waals surface area contributed by atoms with E-state index >= 15 is 0 Å². The average Bonchev–Trinajstić information content (AvgIpc) is 3.18. The van der Waals surface area contributed by atoms with Crippen LogP contribution in [0, 0.1) is 0 Å². The van der Waals surface area contributed by atoms with Crippen LogP contribution in [-0.2, 0) is 14.3 Å². The molecule has 0 aliphatic heterocycles. The van der Waals surface area contributed by atoms with E-state index in [1.807, 2.05) is 0 Å². The maximum atomic E-state index is 13.1. The number of carbonyl (C=O) groups is 2. The maximum absolute atomic E-state index is 13.1. The largest absolute Gasteiger partial charge is 0.462 e. The summed E-state index contributed by atoms with van der Waals surface area (Å²) >= 11 is 0. The summed E-state index contributed by atoms with van der Waals surface area (Å²) in [5.74, 6) is -0.495. The van der Waals surface area contributed by atoms with Crippen molar-refractivity contribution in [2.75, 3.05) is 6.61 Å². The van der Waals surface area contributed by atoms with Gasteiger partial charge in [-0.15, -0.1) is 0 Å². The normalized spacial score (nSPS) is 13.6. The second kappa shape index (κ2) is 43.2. The fourth-order valence-electron chi connectivity index (χ4n) is 7.14. The zero-order valence-electron chi connectivity index (χ0n) is 36.6. The van der Waals surface area contributed by atoms with Crippen molar-refractivity contribution in [3.63, 3.8) is 0 Å². The molecule has 3 unspecified atom stereocenters. The molecule has 0 aliphatic carbocycles. The molecule has 0 saturated carbocycles. The molecule has 0 saturated heterocycles. The van der Waals surface area contributed by atoms with E-state index in [2.05, 4.69) is 62.5 Å². The SMILES string of the molecule is CCCCCCC/C=C/C=C/C=C/CCCCCCCC(=O)OC(CCCCCCCCCC)CC(=O)NC(CO)C(O)CCCCCCCCCCCC. The standard InChI is InChI=1S/C49H91NO5/c1-4-7-10-13-16-19-21-22-23-24-25-26-27-28-30-33-36-39-42-49(54)55-45(40-37-34-31-18-15-12-9-6-3)43-48(53)50-46(44-51)47(52)41-38-35-32-29-20-17-14-11-8-5-2/h21-26,45-47,51-52H,4-20,27-44H2,1-3H3,(H,50,53)/b22-21+,24-23+,26-25+. The minimum Gasteiger partial charge on any atom is -0.462 e. The Morgan fingerprint density at radius 1 is 0.527 bits per heavy atom. The number of esters is 1. The van der Waals surface area contributed by atoms with E-state index in [4.69, 9.17) is 4.74 Å². The quantitative estimate of drug-likeness (QED) is 0.0326. The fraction of sp³-hybridized carbons (Fsp3) is 0.837. The summed E-state index contributed by atoms with van der Waals surface area (Å²) in [4.78, 5) is 25.9. The number of amides is 1.